The van der Waals surface area contributed by atoms with E-state index in [0.717, 1.165) is 37.4 Å². The summed E-state index contributed by atoms with van der Waals surface area (Å²) in [5.41, 5.74) is 1.02. The summed E-state index contributed by atoms with van der Waals surface area (Å²) >= 11 is 0. The monoisotopic (exact) mass is 260 g/mol. The highest BCUT2D eigenvalue weighted by Crippen LogP contribution is 2.32. The maximum Gasteiger partial charge on any atom is 0.246 e. The standard InChI is InChI=1S/C15H20N2O2/c1-3-5-14(18)17-10-7-12(8-11-17)15-13(19-2)6-4-9-16-15/h3-6,9,12H,7-8,10-11H2,1-2H3. The van der Waals surface area contributed by atoms with Crippen LogP contribution in [0, 0.1) is 0 Å². The number of amides is 1. The van der Waals surface area contributed by atoms with Gasteiger partial charge in [-0.2, -0.15) is 0 Å². The predicted molar refractivity (Wildman–Crippen MR) is 74.2 cm³/mol. The summed E-state index contributed by atoms with van der Waals surface area (Å²) < 4.78 is 5.36. The van der Waals surface area contributed by atoms with Gasteiger partial charge in [0.15, 0.2) is 0 Å². The summed E-state index contributed by atoms with van der Waals surface area (Å²) in [4.78, 5) is 18.1. The number of piperidine rings is 1. The first kappa shape index (κ1) is 13.6. The lowest BCUT2D eigenvalue weighted by molar-refractivity contribution is -0.127. The number of nitrogens with zero attached hydrogens (tertiary/aromatic N) is 2. The highest BCUT2D eigenvalue weighted by Gasteiger charge is 2.25. The van der Waals surface area contributed by atoms with E-state index in [1.807, 2.05) is 24.0 Å². The van der Waals surface area contributed by atoms with Gasteiger partial charge in [0.05, 0.1) is 12.8 Å². The summed E-state index contributed by atoms with van der Waals surface area (Å²) in [6, 6.07) is 3.83. The first-order valence-electron chi connectivity index (χ1n) is 6.66. The SMILES string of the molecule is CC=CC(=O)N1CCC(c2ncccc2OC)CC1. The molecule has 1 fully saturated rings. The van der Waals surface area contributed by atoms with Gasteiger partial charge in [-0.15, -0.1) is 0 Å². The summed E-state index contributed by atoms with van der Waals surface area (Å²) in [6.07, 6.45) is 7.10. The van der Waals surface area contributed by atoms with E-state index in [1.165, 1.54) is 0 Å². The van der Waals surface area contributed by atoms with Gasteiger partial charge in [-0.1, -0.05) is 6.08 Å². The van der Waals surface area contributed by atoms with E-state index in [2.05, 4.69) is 4.98 Å². The molecule has 4 heteroatoms. The Morgan fingerprint density at radius 3 is 2.84 bits per heavy atom. The average Bonchev–Trinajstić information content (AvgIpc) is 2.47. The maximum atomic E-state index is 11.8. The third kappa shape index (κ3) is 3.13. The summed E-state index contributed by atoms with van der Waals surface area (Å²) in [7, 11) is 1.67. The zero-order chi connectivity index (χ0) is 13.7. The van der Waals surface area contributed by atoms with Crippen LogP contribution in [0.3, 0.4) is 0 Å². The van der Waals surface area contributed by atoms with Gasteiger partial charge in [-0.25, -0.2) is 0 Å². The quantitative estimate of drug-likeness (QED) is 0.784. The van der Waals surface area contributed by atoms with Crippen molar-refractivity contribution >= 4 is 5.91 Å². The molecule has 102 valence electrons. The maximum absolute atomic E-state index is 11.8. The third-order valence-corrected chi connectivity index (χ3v) is 3.52. The molecule has 0 spiro atoms. The van der Waals surface area contributed by atoms with Gasteiger partial charge >= 0.3 is 0 Å². The minimum atomic E-state index is 0.105. The fourth-order valence-corrected chi connectivity index (χ4v) is 2.50. The van der Waals surface area contributed by atoms with Crippen molar-refractivity contribution in [3.63, 3.8) is 0 Å². The smallest absolute Gasteiger partial charge is 0.246 e. The Labute approximate surface area is 114 Å². The number of methoxy groups -OCH3 is 1. The van der Waals surface area contributed by atoms with Crippen LogP contribution in [0.15, 0.2) is 30.5 Å². The predicted octanol–water partition coefficient (Wildman–Crippen LogP) is 2.37. The first-order chi connectivity index (χ1) is 9.26. The molecule has 0 aliphatic carbocycles. The molecule has 0 N–H and O–H groups in total. The fraction of sp³-hybridized carbons (Fsp3) is 0.467. The number of aromatic nitrogens is 1. The molecule has 0 bridgehead atoms. The van der Waals surface area contributed by atoms with E-state index >= 15 is 0 Å². The Hall–Kier alpha value is -1.84. The molecule has 2 rings (SSSR count). The molecule has 1 aromatic heterocycles. The number of carbonyl (C=O) groups is 1. The van der Waals surface area contributed by atoms with Crippen LogP contribution in [0.5, 0.6) is 5.75 Å². The molecule has 1 aromatic rings. The van der Waals surface area contributed by atoms with Crippen molar-refractivity contribution in [2.45, 2.75) is 25.7 Å². The highest BCUT2D eigenvalue weighted by atomic mass is 16.5. The van der Waals surface area contributed by atoms with E-state index in [9.17, 15) is 4.79 Å². The van der Waals surface area contributed by atoms with Crippen LogP contribution in [0.2, 0.25) is 0 Å². The van der Waals surface area contributed by atoms with Crippen LogP contribution < -0.4 is 4.74 Å². The Morgan fingerprint density at radius 2 is 2.21 bits per heavy atom. The summed E-state index contributed by atoms with van der Waals surface area (Å²) in [5.74, 6) is 1.33. The van der Waals surface area contributed by atoms with Crippen LogP contribution in [0.1, 0.15) is 31.4 Å². The van der Waals surface area contributed by atoms with E-state index in [4.69, 9.17) is 4.74 Å². The van der Waals surface area contributed by atoms with E-state index in [1.54, 1.807) is 25.5 Å². The molecule has 0 radical (unpaired) electrons. The molecule has 1 aliphatic heterocycles. The number of hydrogen-bond donors (Lipinski definition) is 0. The Kier molecular flexibility index (Phi) is 4.55. The fourth-order valence-electron chi connectivity index (χ4n) is 2.50. The Balaban J connectivity index is 2.02. The van der Waals surface area contributed by atoms with Gasteiger partial charge in [0.2, 0.25) is 5.91 Å². The lowest BCUT2D eigenvalue weighted by Gasteiger charge is -2.31. The molecule has 2 heterocycles. The topological polar surface area (TPSA) is 42.4 Å². The molecule has 19 heavy (non-hydrogen) atoms. The van der Waals surface area contributed by atoms with Gasteiger partial charge in [-0.3, -0.25) is 9.78 Å². The van der Waals surface area contributed by atoms with Crippen LogP contribution in [-0.2, 0) is 4.79 Å². The number of allylic oxidation sites excluding steroid dienone is 1. The highest BCUT2D eigenvalue weighted by molar-refractivity contribution is 5.87. The largest absolute Gasteiger partial charge is 0.495 e. The zero-order valence-electron chi connectivity index (χ0n) is 11.5. The molecule has 4 nitrogen and oxygen atoms in total. The molecule has 0 atom stereocenters. The van der Waals surface area contributed by atoms with Crippen molar-refractivity contribution in [3.8, 4) is 5.75 Å². The molecule has 0 unspecified atom stereocenters. The van der Waals surface area contributed by atoms with Gasteiger partial charge in [-0.05, 0) is 38.0 Å². The summed E-state index contributed by atoms with van der Waals surface area (Å²) in [6.45, 7) is 3.44. The van der Waals surface area contributed by atoms with Gasteiger partial charge in [0.1, 0.15) is 5.75 Å². The molecule has 0 saturated carbocycles. The number of carbonyl (C=O) groups excluding carboxylic acids is 1. The van der Waals surface area contributed by atoms with Crippen LogP contribution in [0.25, 0.3) is 0 Å². The van der Waals surface area contributed by atoms with Crippen molar-refractivity contribution in [2.75, 3.05) is 20.2 Å². The lowest BCUT2D eigenvalue weighted by atomic mass is 9.92. The molecule has 0 aromatic carbocycles. The second-order valence-corrected chi connectivity index (χ2v) is 4.69. The molecule has 1 aliphatic rings. The number of pyridine rings is 1. The number of likely N-dealkylation sites (tertiary alicyclic amines) is 1. The normalized spacial score (nSPS) is 16.8. The van der Waals surface area contributed by atoms with Crippen LogP contribution >= 0.6 is 0 Å². The van der Waals surface area contributed by atoms with E-state index in [-0.39, 0.29) is 5.91 Å². The number of rotatable bonds is 3. The van der Waals surface area contributed by atoms with E-state index in [0.29, 0.717) is 5.92 Å². The minimum Gasteiger partial charge on any atom is -0.495 e. The molecule has 1 amide bonds. The molecule has 1 saturated heterocycles. The average molecular weight is 260 g/mol. The second kappa shape index (κ2) is 6.36. The first-order valence-corrected chi connectivity index (χ1v) is 6.66. The van der Waals surface area contributed by atoms with Gasteiger partial charge in [0.25, 0.3) is 0 Å². The van der Waals surface area contributed by atoms with Crippen molar-refractivity contribution in [3.05, 3.63) is 36.2 Å². The summed E-state index contributed by atoms with van der Waals surface area (Å²) in [5, 5.41) is 0. The van der Waals surface area contributed by atoms with Crippen molar-refractivity contribution in [1.29, 1.82) is 0 Å². The second-order valence-electron chi connectivity index (χ2n) is 4.69. The van der Waals surface area contributed by atoms with Crippen LogP contribution in [0.4, 0.5) is 0 Å². The van der Waals surface area contributed by atoms with E-state index < -0.39 is 0 Å². The minimum absolute atomic E-state index is 0.105. The van der Waals surface area contributed by atoms with Crippen molar-refractivity contribution in [1.82, 2.24) is 9.88 Å². The van der Waals surface area contributed by atoms with Crippen LogP contribution in [-0.4, -0.2) is 36.0 Å². The molecular weight excluding hydrogens is 240 g/mol. The lowest BCUT2D eigenvalue weighted by Crippen LogP contribution is -2.37. The third-order valence-electron chi connectivity index (χ3n) is 3.52. The molecular formula is C15H20N2O2. The van der Waals surface area contributed by atoms with Crippen molar-refractivity contribution in [2.24, 2.45) is 0 Å². The number of hydrogen-bond acceptors (Lipinski definition) is 3. The van der Waals surface area contributed by atoms with Crippen molar-refractivity contribution < 1.29 is 9.53 Å². The number of ether oxygens (including phenoxy) is 1. The Bertz CT molecular complexity index is 463. The van der Waals surface area contributed by atoms with Gasteiger partial charge in [0, 0.05) is 25.2 Å². The zero-order valence-corrected chi connectivity index (χ0v) is 11.5. The van der Waals surface area contributed by atoms with Gasteiger partial charge < -0.3 is 9.64 Å². The Morgan fingerprint density at radius 1 is 1.47 bits per heavy atom.